The van der Waals surface area contributed by atoms with Crippen LogP contribution in [0, 0.1) is 5.92 Å². The Morgan fingerprint density at radius 2 is 1.94 bits per heavy atom. The summed E-state index contributed by atoms with van der Waals surface area (Å²) in [5.41, 5.74) is 1.51. The summed E-state index contributed by atoms with van der Waals surface area (Å²) in [5, 5.41) is 19.5. The van der Waals surface area contributed by atoms with Crippen molar-refractivity contribution in [1.82, 2.24) is 4.31 Å². The average Bonchev–Trinajstić information content (AvgIpc) is 3.22. The van der Waals surface area contributed by atoms with E-state index in [9.17, 15) is 18.3 Å². The number of carbonyl (C=O) groups is 1. The predicted molar refractivity (Wildman–Crippen MR) is 113 cm³/mol. The van der Waals surface area contributed by atoms with Crippen LogP contribution in [0.2, 0.25) is 0 Å². The molecule has 1 fully saturated rings. The van der Waals surface area contributed by atoms with Crippen LogP contribution in [-0.2, 0) is 20.6 Å². The number of hydrogen-bond donors (Lipinski definition) is 2. The van der Waals surface area contributed by atoms with Crippen LogP contribution in [0.3, 0.4) is 0 Å². The molecule has 31 heavy (non-hydrogen) atoms. The first-order valence-electron chi connectivity index (χ1n) is 10.1. The second-order valence-corrected chi connectivity index (χ2v) is 10.1. The van der Waals surface area contributed by atoms with E-state index >= 15 is 0 Å². The van der Waals surface area contributed by atoms with Gasteiger partial charge in [-0.15, -0.1) is 0 Å². The zero-order chi connectivity index (χ0) is 22.2. The summed E-state index contributed by atoms with van der Waals surface area (Å²) in [6.07, 6.45) is -0.648. The third-order valence-electron chi connectivity index (χ3n) is 5.95. The van der Waals surface area contributed by atoms with E-state index in [-0.39, 0.29) is 30.2 Å². The van der Waals surface area contributed by atoms with Crippen LogP contribution in [0.25, 0.3) is 0 Å². The fourth-order valence-electron chi connectivity index (χ4n) is 4.49. The van der Waals surface area contributed by atoms with Crippen LogP contribution in [0.4, 0.5) is 0 Å². The number of fused-ring (bicyclic) bond motifs is 3. The van der Waals surface area contributed by atoms with Crippen LogP contribution < -0.4 is 9.47 Å². The molecule has 1 aliphatic carbocycles. The van der Waals surface area contributed by atoms with Crippen LogP contribution in [0.1, 0.15) is 23.5 Å². The summed E-state index contributed by atoms with van der Waals surface area (Å²) in [5.74, 6) is -0.932. The topological polar surface area (TPSA) is 113 Å². The van der Waals surface area contributed by atoms with Crippen LogP contribution in [-0.4, -0.2) is 61.3 Å². The molecule has 2 aromatic rings. The number of aliphatic hydroxyl groups is 1. The van der Waals surface area contributed by atoms with Gasteiger partial charge >= 0.3 is 5.97 Å². The Kier molecular flexibility index (Phi) is 5.92. The quantitative estimate of drug-likeness (QED) is 0.635. The minimum absolute atomic E-state index is 0.110. The Morgan fingerprint density at radius 1 is 1.19 bits per heavy atom. The molecule has 0 saturated heterocycles. The van der Waals surface area contributed by atoms with E-state index in [1.165, 1.54) is 11.4 Å². The third kappa shape index (κ3) is 4.39. The molecule has 0 radical (unpaired) electrons. The number of carboxylic acids is 1. The molecule has 166 valence electrons. The highest BCUT2D eigenvalue weighted by molar-refractivity contribution is 7.88. The van der Waals surface area contributed by atoms with Crippen molar-refractivity contribution in [3.8, 4) is 11.5 Å². The van der Waals surface area contributed by atoms with Gasteiger partial charge in [0.25, 0.3) is 0 Å². The van der Waals surface area contributed by atoms with Gasteiger partial charge in [-0.1, -0.05) is 42.5 Å². The highest BCUT2D eigenvalue weighted by atomic mass is 32.2. The van der Waals surface area contributed by atoms with Crippen molar-refractivity contribution >= 4 is 16.0 Å². The lowest BCUT2D eigenvalue weighted by molar-refractivity contribution is -0.139. The maximum Gasteiger partial charge on any atom is 0.341 e. The van der Waals surface area contributed by atoms with E-state index in [0.29, 0.717) is 23.5 Å². The lowest BCUT2D eigenvalue weighted by Gasteiger charge is -2.26. The first kappa shape index (κ1) is 21.6. The van der Waals surface area contributed by atoms with Crippen LogP contribution in [0.15, 0.2) is 48.5 Å². The van der Waals surface area contributed by atoms with Crippen molar-refractivity contribution < 1.29 is 32.9 Å². The van der Waals surface area contributed by atoms with E-state index < -0.39 is 28.7 Å². The van der Waals surface area contributed by atoms with Crippen LogP contribution >= 0.6 is 0 Å². The normalized spacial score (nSPS) is 24.5. The van der Waals surface area contributed by atoms with E-state index in [1.54, 1.807) is 36.4 Å². The van der Waals surface area contributed by atoms with Gasteiger partial charge in [-0.2, -0.15) is 0 Å². The van der Waals surface area contributed by atoms with Crippen molar-refractivity contribution in [3.63, 3.8) is 0 Å². The Bertz CT molecular complexity index is 1060. The number of rotatable bonds is 8. The molecule has 2 aliphatic rings. The van der Waals surface area contributed by atoms with Crippen molar-refractivity contribution in [3.05, 3.63) is 59.7 Å². The minimum Gasteiger partial charge on any atom is -0.485 e. The molecule has 1 aliphatic heterocycles. The van der Waals surface area contributed by atoms with E-state index in [2.05, 4.69) is 0 Å². The van der Waals surface area contributed by atoms with Gasteiger partial charge in [0.15, 0.2) is 18.1 Å². The summed E-state index contributed by atoms with van der Waals surface area (Å²) in [6, 6.07) is 14.2. The van der Waals surface area contributed by atoms with Crippen LogP contribution in [0.5, 0.6) is 11.5 Å². The number of para-hydroxylation sites is 1. The van der Waals surface area contributed by atoms with E-state index in [4.69, 9.17) is 14.6 Å². The maximum absolute atomic E-state index is 12.9. The fraction of sp³-hybridized carbons (Fsp3) is 0.409. The number of benzene rings is 2. The lowest BCUT2D eigenvalue weighted by atomic mass is 9.88. The molecular weight excluding hydrogens is 422 g/mol. The molecular formula is C22H25NO7S. The van der Waals surface area contributed by atoms with E-state index in [0.717, 1.165) is 5.56 Å². The smallest absolute Gasteiger partial charge is 0.341 e. The minimum atomic E-state index is -3.57. The van der Waals surface area contributed by atoms with Crippen molar-refractivity contribution in [2.75, 3.05) is 20.2 Å². The van der Waals surface area contributed by atoms with Crippen molar-refractivity contribution in [1.29, 1.82) is 0 Å². The molecule has 4 unspecified atom stereocenters. The zero-order valence-corrected chi connectivity index (χ0v) is 17.9. The van der Waals surface area contributed by atoms with Gasteiger partial charge in [-0.25, -0.2) is 17.5 Å². The molecule has 1 heterocycles. The standard InChI is InChI=1S/C22H25NO7S/c1-23(31(27,28)13-14-6-3-2-4-7-14)11-16-17(24)10-19-21(16)15-8-5-9-18(22(15)30-19)29-12-20(25)26/h2-9,16-17,19,21,24H,10-13H2,1H3,(H,25,26). The highest BCUT2D eigenvalue weighted by Crippen LogP contribution is 2.53. The molecule has 4 atom stereocenters. The van der Waals surface area contributed by atoms with Gasteiger partial charge in [-0.3, -0.25) is 0 Å². The SMILES string of the molecule is CN(CC1C(O)CC2Oc3c(OCC(=O)O)cccc3C21)S(=O)(=O)Cc1ccccc1. The summed E-state index contributed by atoms with van der Waals surface area (Å²) in [6.45, 7) is -0.331. The molecule has 0 bridgehead atoms. The second-order valence-electron chi connectivity index (χ2n) is 8.03. The van der Waals surface area contributed by atoms with Gasteiger partial charge in [0.1, 0.15) is 6.10 Å². The molecule has 4 rings (SSSR count). The Labute approximate surface area is 181 Å². The number of carboxylic acid groups (broad SMARTS) is 1. The summed E-state index contributed by atoms with van der Waals surface area (Å²) in [4.78, 5) is 10.8. The molecule has 2 N–H and O–H groups in total. The molecule has 8 nitrogen and oxygen atoms in total. The Morgan fingerprint density at radius 3 is 2.65 bits per heavy atom. The molecule has 0 aromatic heterocycles. The Hall–Kier alpha value is -2.62. The number of nitrogens with zero attached hydrogens (tertiary/aromatic N) is 1. The highest BCUT2D eigenvalue weighted by Gasteiger charge is 2.51. The van der Waals surface area contributed by atoms with Gasteiger partial charge in [0, 0.05) is 37.4 Å². The van der Waals surface area contributed by atoms with Gasteiger partial charge in [0.2, 0.25) is 10.0 Å². The zero-order valence-electron chi connectivity index (χ0n) is 17.0. The average molecular weight is 448 g/mol. The summed E-state index contributed by atoms with van der Waals surface area (Å²) < 4.78 is 38.4. The van der Waals surface area contributed by atoms with Crippen molar-refractivity contribution in [2.45, 2.75) is 30.3 Å². The van der Waals surface area contributed by atoms with Gasteiger partial charge < -0.3 is 19.7 Å². The molecule has 1 saturated carbocycles. The first-order valence-corrected chi connectivity index (χ1v) is 11.7. The number of aliphatic carboxylic acids is 1. The van der Waals surface area contributed by atoms with E-state index in [1.807, 2.05) is 12.1 Å². The maximum atomic E-state index is 12.9. The molecule has 2 aromatic carbocycles. The number of sulfonamides is 1. The monoisotopic (exact) mass is 447 g/mol. The predicted octanol–water partition coefficient (Wildman–Crippen LogP) is 1.84. The molecule has 0 spiro atoms. The summed E-state index contributed by atoms with van der Waals surface area (Å²) in [7, 11) is -2.04. The molecule has 0 amide bonds. The fourth-order valence-corrected chi connectivity index (χ4v) is 5.73. The largest absolute Gasteiger partial charge is 0.485 e. The van der Waals surface area contributed by atoms with Gasteiger partial charge in [-0.05, 0) is 11.6 Å². The third-order valence-corrected chi connectivity index (χ3v) is 7.75. The van der Waals surface area contributed by atoms with Gasteiger partial charge in [0.05, 0.1) is 11.9 Å². The number of hydrogen-bond acceptors (Lipinski definition) is 6. The lowest BCUT2D eigenvalue weighted by Crippen LogP contribution is -2.37. The first-order chi connectivity index (χ1) is 14.8. The van der Waals surface area contributed by atoms with Crippen molar-refractivity contribution in [2.24, 2.45) is 5.92 Å². The second kappa shape index (κ2) is 8.49. The number of aliphatic hydroxyl groups excluding tert-OH is 1. The molecule has 9 heteroatoms. The number of ether oxygens (including phenoxy) is 2. The summed E-state index contributed by atoms with van der Waals surface area (Å²) >= 11 is 0. The Balaban J connectivity index is 1.53.